The van der Waals surface area contributed by atoms with Crippen molar-refractivity contribution in [3.63, 3.8) is 0 Å². The van der Waals surface area contributed by atoms with Gasteiger partial charge in [0.25, 0.3) is 0 Å². The number of halogens is 3. The first-order valence-electron chi connectivity index (χ1n) is 8.44. The van der Waals surface area contributed by atoms with Crippen LogP contribution >= 0.6 is 0 Å². The minimum atomic E-state index is -4.32. The normalized spacial score (nSPS) is 13.2. The van der Waals surface area contributed by atoms with Crippen molar-refractivity contribution in [2.24, 2.45) is 0 Å². The van der Waals surface area contributed by atoms with Gasteiger partial charge in [0.05, 0.1) is 5.56 Å². The summed E-state index contributed by atoms with van der Waals surface area (Å²) in [5.74, 6) is 0.349. The van der Waals surface area contributed by atoms with Crippen LogP contribution in [0.1, 0.15) is 24.0 Å². The molecule has 0 aliphatic rings. The van der Waals surface area contributed by atoms with Gasteiger partial charge in [0, 0.05) is 17.4 Å². The van der Waals surface area contributed by atoms with E-state index in [1.807, 2.05) is 31.2 Å². The maximum absolute atomic E-state index is 12.7. The van der Waals surface area contributed by atoms with Gasteiger partial charge >= 0.3 is 6.18 Å². The lowest BCUT2D eigenvalue weighted by Gasteiger charge is -2.14. The quantitative estimate of drug-likeness (QED) is 0.544. The highest BCUT2D eigenvalue weighted by molar-refractivity contribution is 6.03. The topological polar surface area (TPSA) is 66.5 Å². The number of rotatable bonds is 4. The van der Waals surface area contributed by atoms with Gasteiger partial charge in [-0.15, -0.1) is 10.2 Å². The van der Waals surface area contributed by atoms with Gasteiger partial charge in [-0.05, 0) is 29.7 Å². The van der Waals surface area contributed by atoms with Gasteiger partial charge in [0.1, 0.15) is 5.52 Å². The van der Waals surface area contributed by atoms with E-state index in [4.69, 9.17) is 0 Å². The number of nitrogens with zero attached hydrogens (tertiary/aromatic N) is 3. The van der Waals surface area contributed by atoms with Crippen molar-refractivity contribution in [1.29, 1.82) is 0 Å². The molecule has 27 heavy (non-hydrogen) atoms. The van der Waals surface area contributed by atoms with Gasteiger partial charge in [-0.1, -0.05) is 37.3 Å². The number of para-hydroxylation sites is 1. The van der Waals surface area contributed by atoms with Gasteiger partial charge in [0.15, 0.2) is 5.65 Å². The van der Waals surface area contributed by atoms with Crippen LogP contribution in [0.5, 0.6) is 0 Å². The fraction of sp³-hybridized carbons (Fsp3) is 0.211. The fourth-order valence-corrected chi connectivity index (χ4v) is 2.96. The number of H-pyrrole nitrogens is 1. The maximum Gasteiger partial charge on any atom is 0.416 e. The van der Waals surface area contributed by atoms with Crippen molar-refractivity contribution in [2.75, 3.05) is 11.9 Å². The molecule has 0 aliphatic carbocycles. The fourth-order valence-electron chi connectivity index (χ4n) is 2.96. The van der Waals surface area contributed by atoms with E-state index in [2.05, 4.69) is 25.5 Å². The first-order valence-corrected chi connectivity index (χ1v) is 8.44. The molecule has 0 bridgehead atoms. The molecule has 0 saturated carbocycles. The molecule has 2 aromatic heterocycles. The summed E-state index contributed by atoms with van der Waals surface area (Å²) in [6.07, 6.45) is -4.32. The van der Waals surface area contributed by atoms with Crippen LogP contribution in [0.25, 0.3) is 22.1 Å². The van der Waals surface area contributed by atoms with E-state index < -0.39 is 11.7 Å². The third-order valence-corrected chi connectivity index (χ3v) is 4.50. The van der Waals surface area contributed by atoms with E-state index in [0.717, 1.165) is 28.6 Å². The maximum atomic E-state index is 12.7. The number of anilines is 1. The summed E-state index contributed by atoms with van der Waals surface area (Å²) in [6.45, 7) is 2.39. The van der Waals surface area contributed by atoms with Crippen LogP contribution in [0.4, 0.5) is 19.1 Å². The van der Waals surface area contributed by atoms with Crippen LogP contribution in [0, 0.1) is 0 Å². The van der Waals surface area contributed by atoms with E-state index in [0.29, 0.717) is 23.7 Å². The Morgan fingerprint density at radius 3 is 2.52 bits per heavy atom. The smallest absolute Gasteiger partial charge is 0.352 e. The average Bonchev–Trinajstić information content (AvgIpc) is 3.03. The van der Waals surface area contributed by atoms with Crippen LogP contribution in [0.3, 0.4) is 0 Å². The molecule has 1 unspecified atom stereocenters. The summed E-state index contributed by atoms with van der Waals surface area (Å²) in [5.41, 5.74) is 2.42. The van der Waals surface area contributed by atoms with Gasteiger partial charge in [0.2, 0.25) is 5.95 Å². The van der Waals surface area contributed by atoms with Crippen LogP contribution in [-0.4, -0.2) is 26.7 Å². The van der Waals surface area contributed by atoms with E-state index in [1.165, 1.54) is 12.1 Å². The molecular formula is C19H16F3N5. The second kappa shape index (κ2) is 6.53. The third-order valence-electron chi connectivity index (χ3n) is 4.50. The Labute approximate surface area is 152 Å². The highest BCUT2D eigenvalue weighted by atomic mass is 19.4. The Kier molecular flexibility index (Phi) is 4.18. The first kappa shape index (κ1) is 17.3. The largest absolute Gasteiger partial charge is 0.416 e. The lowest BCUT2D eigenvalue weighted by Crippen LogP contribution is -2.13. The molecule has 138 valence electrons. The summed E-state index contributed by atoms with van der Waals surface area (Å²) in [5, 5.41) is 12.4. The van der Waals surface area contributed by atoms with Crippen LogP contribution in [-0.2, 0) is 6.18 Å². The van der Waals surface area contributed by atoms with E-state index in [1.54, 1.807) is 0 Å². The minimum Gasteiger partial charge on any atom is -0.352 e. The monoisotopic (exact) mass is 371 g/mol. The molecule has 2 aromatic carbocycles. The van der Waals surface area contributed by atoms with Crippen molar-refractivity contribution in [3.8, 4) is 0 Å². The van der Waals surface area contributed by atoms with Gasteiger partial charge < -0.3 is 10.3 Å². The molecule has 0 fully saturated rings. The molecule has 4 aromatic rings. The number of alkyl halides is 3. The number of hydrogen-bond acceptors (Lipinski definition) is 4. The summed E-state index contributed by atoms with van der Waals surface area (Å²) in [4.78, 5) is 7.63. The SMILES string of the molecule is CC(CNc1nnc2c(n1)[nH]c1ccccc12)c1ccc(C(F)(F)F)cc1. The van der Waals surface area contributed by atoms with Gasteiger partial charge in [-0.25, -0.2) is 0 Å². The van der Waals surface area contributed by atoms with Crippen molar-refractivity contribution in [3.05, 3.63) is 59.7 Å². The second-order valence-corrected chi connectivity index (χ2v) is 6.40. The van der Waals surface area contributed by atoms with E-state index in [9.17, 15) is 13.2 Å². The molecule has 4 rings (SSSR count). The lowest BCUT2D eigenvalue weighted by molar-refractivity contribution is -0.137. The predicted octanol–water partition coefficient (Wildman–Crippen LogP) is 4.74. The lowest BCUT2D eigenvalue weighted by atomic mass is 10.00. The minimum absolute atomic E-state index is 0.0192. The number of aromatic amines is 1. The number of fused-ring (bicyclic) bond motifs is 3. The number of benzene rings is 2. The first-order chi connectivity index (χ1) is 12.9. The molecule has 0 saturated heterocycles. The summed E-state index contributed by atoms with van der Waals surface area (Å²) in [6, 6.07) is 12.9. The predicted molar refractivity (Wildman–Crippen MR) is 97.5 cm³/mol. The Morgan fingerprint density at radius 1 is 1.04 bits per heavy atom. The Hall–Kier alpha value is -3.16. The molecule has 1 atom stereocenters. The summed E-state index contributed by atoms with van der Waals surface area (Å²) in [7, 11) is 0. The van der Waals surface area contributed by atoms with Crippen molar-refractivity contribution in [1.82, 2.24) is 20.2 Å². The molecule has 0 radical (unpaired) electrons. The highest BCUT2D eigenvalue weighted by Crippen LogP contribution is 2.30. The zero-order valence-corrected chi connectivity index (χ0v) is 14.4. The summed E-state index contributed by atoms with van der Waals surface area (Å²) < 4.78 is 38.0. The molecule has 5 nitrogen and oxygen atoms in total. The van der Waals surface area contributed by atoms with Crippen molar-refractivity contribution < 1.29 is 13.2 Å². The molecule has 0 amide bonds. The molecule has 2 heterocycles. The van der Waals surface area contributed by atoms with Crippen molar-refractivity contribution >= 4 is 28.0 Å². The Bertz CT molecular complexity index is 1090. The van der Waals surface area contributed by atoms with Crippen LogP contribution < -0.4 is 5.32 Å². The standard InChI is InChI=1S/C19H16F3N5/c1-11(12-6-8-13(9-7-12)19(20,21)22)10-23-18-25-17-16(26-27-18)14-4-2-3-5-15(14)24-17/h2-9,11H,10H2,1H3,(H2,23,24,25,27). The molecule has 0 spiro atoms. The van der Waals surface area contributed by atoms with Crippen LogP contribution in [0.15, 0.2) is 48.5 Å². The Balaban J connectivity index is 1.48. The number of hydrogen-bond donors (Lipinski definition) is 2. The molecular weight excluding hydrogens is 355 g/mol. The Morgan fingerprint density at radius 2 is 1.78 bits per heavy atom. The van der Waals surface area contributed by atoms with E-state index >= 15 is 0 Å². The molecule has 2 N–H and O–H groups in total. The van der Waals surface area contributed by atoms with Gasteiger partial charge in [-0.3, -0.25) is 0 Å². The molecule has 0 aliphatic heterocycles. The van der Waals surface area contributed by atoms with E-state index in [-0.39, 0.29) is 5.92 Å². The molecule has 8 heteroatoms. The second-order valence-electron chi connectivity index (χ2n) is 6.40. The zero-order chi connectivity index (χ0) is 19.0. The summed E-state index contributed by atoms with van der Waals surface area (Å²) >= 11 is 0. The number of nitrogens with one attached hydrogen (secondary N) is 2. The zero-order valence-electron chi connectivity index (χ0n) is 14.4. The van der Waals surface area contributed by atoms with Crippen LogP contribution in [0.2, 0.25) is 0 Å². The van der Waals surface area contributed by atoms with Crippen molar-refractivity contribution in [2.45, 2.75) is 19.0 Å². The number of aromatic nitrogens is 4. The average molecular weight is 371 g/mol. The third kappa shape index (κ3) is 3.42. The van der Waals surface area contributed by atoms with Gasteiger partial charge in [-0.2, -0.15) is 18.2 Å². The highest BCUT2D eigenvalue weighted by Gasteiger charge is 2.30.